The topological polar surface area (TPSA) is 64.6 Å². The van der Waals surface area contributed by atoms with E-state index in [1.54, 1.807) is 37.4 Å². The van der Waals surface area contributed by atoms with Gasteiger partial charge in [-0.2, -0.15) is 0 Å². The minimum absolute atomic E-state index is 0.108. The summed E-state index contributed by atoms with van der Waals surface area (Å²) in [4.78, 5) is 23.7. The van der Waals surface area contributed by atoms with E-state index < -0.39 is 18.5 Å². The van der Waals surface area contributed by atoms with Crippen molar-refractivity contribution in [2.24, 2.45) is 0 Å². The van der Waals surface area contributed by atoms with Crippen LogP contribution < -0.4 is 10.1 Å². The predicted molar refractivity (Wildman–Crippen MR) is 88.4 cm³/mol. The Bertz CT molecular complexity index is 717. The van der Waals surface area contributed by atoms with E-state index in [4.69, 9.17) is 32.7 Å². The zero-order valence-electron chi connectivity index (χ0n) is 12.1. The van der Waals surface area contributed by atoms with Gasteiger partial charge in [0.2, 0.25) is 0 Å². The van der Waals surface area contributed by atoms with Gasteiger partial charge in [-0.25, -0.2) is 4.79 Å². The number of methoxy groups -OCH3 is 1. The summed E-state index contributed by atoms with van der Waals surface area (Å²) >= 11 is 11.7. The number of benzene rings is 2. The van der Waals surface area contributed by atoms with Crippen molar-refractivity contribution >= 4 is 40.8 Å². The molecule has 2 aromatic carbocycles. The molecule has 0 radical (unpaired) electrons. The first-order valence-electron chi connectivity index (χ1n) is 6.55. The number of hydrogen-bond acceptors (Lipinski definition) is 4. The maximum atomic E-state index is 11.9. The van der Waals surface area contributed by atoms with Gasteiger partial charge in [-0.1, -0.05) is 23.2 Å². The molecule has 0 heterocycles. The summed E-state index contributed by atoms with van der Waals surface area (Å²) < 4.78 is 9.94. The van der Waals surface area contributed by atoms with Gasteiger partial charge in [0.15, 0.2) is 6.61 Å². The van der Waals surface area contributed by atoms with E-state index in [2.05, 4.69) is 5.32 Å². The SMILES string of the molecule is COc1ccc(NC(=O)COC(=O)c2cc(Cl)ccc2Cl)cc1. The summed E-state index contributed by atoms with van der Waals surface area (Å²) in [5.74, 6) is -0.519. The van der Waals surface area contributed by atoms with Gasteiger partial charge in [0.05, 0.1) is 17.7 Å². The van der Waals surface area contributed by atoms with Crippen LogP contribution in [0.15, 0.2) is 42.5 Å². The Kier molecular flexibility index (Phi) is 5.84. The Morgan fingerprint density at radius 1 is 1.09 bits per heavy atom. The fourth-order valence-electron chi connectivity index (χ4n) is 1.73. The third kappa shape index (κ3) is 4.87. The van der Waals surface area contributed by atoms with Crippen molar-refractivity contribution in [1.29, 1.82) is 0 Å². The van der Waals surface area contributed by atoms with E-state index in [-0.39, 0.29) is 10.6 Å². The lowest BCUT2D eigenvalue weighted by atomic mass is 10.2. The van der Waals surface area contributed by atoms with Crippen molar-refractivity contribution in [2.75, 3.05) is 19.0 Å². The van der Waals surface area contributed by atoms with Crippen LogP contribution in [0.3, 0.4) is 0 Å². The van der Waals surface area contributed by atoms with Crippen LogP contribution in [0.2, 0.25) is 10.0 Å². The number of ether oxygens (including phenoxy) is 2. The molecule has 7 heteroatoms. The Balaban J connectivity index is 1.90. The average molecular weight is 354 g/mol. The predicted octanol–water partition coefficient (Wildman–Crippen LogP) is 3.80. The van der Waals surface area contributed by atoms with E-state index in [1.807, 2.05) is 0 Å². The highest BCUT2D eigenvalue weighted by Crippen LogP contribution is 2.21. The zero-order valence-corrected chi connectivity index (χ0v) is 13.6. The van der Waals surface area contributed by atoms with Gasteiger partial charge in [0.1, 0.15) is 5.75 Å². The minimum Gasteiger partial charge on any atom is -0.497 e. The number of carbonyl (C=O) groups is 2. The summed E-state index contributed by atoms with van der Waals surface area (Å²) in [5, 5.41) is 3.15. The Labute approximate surface area is 143 Å². The lowest BCUT2D eigenvalue weighted by Crippen LogP contribution is -2.21. The summed E-state index contributed by atoms with van der Waals surface area (Å²) in [6.07, 6.45) is 0. The molecule has 2 aromatic rings. The van der Waals surface area contributed by atoms with E-state index >= 15 is 0 Å². The van der Waals surface area contributed by atoms with Gasteiger partial charge in [0.25, 0.3) is 5.91 Å². The van der Waals surface area contributed by atoms with Crippen LogP contribution in [0.25, 0.3) is 0 Å². The fraction of sp³-hybridized carbons (Fsp3) is 0.125. The van der Waals surface area contributed by atoms with Crippen LogP contribution in [-0.4, -0.2) is 25.6 Å². The summed E-state index contributed by atoms with van der Waals surface area (Å²) in [6, 6.07) is 11.2. The molecule has 0 spiro atoms. The molecule has 5 nitrogen and oxygen atoms in total. The number of rotatable bonds is 5. The first kappa shape index (κ1) is 17.1. The van der Waals surface area contributed by atoms with Gasteiger partial charge in [0, 0.05) is 10.7 Å². The highest BCUT2D eigenvalue weighted by atomic mass is 35.5. The molecule has 0 aliphatic heterocycles. The van der Waals surface area contributed by atoms with Crippen LogP contribution in [0.1, 0.15) is 10.4 Å². The monoisotopic (exact) mass is 353 g/mol. The van der Waals surface area contributed by atoms with Crippen molar-refractivity contribution in [3.8, 4) is 5.75 Å². The molecule has 0 bridgehead atoms. The van der Waals surface area contributed by atoms with E-state index in [9.17, 15) is 9.59 Å². The second-order valence-corrected chi connectivity index (χ2v) is 5.32. The standard InChI is InChI=1S/C16H13Cl2NO4/c1-22-12-5-3-11(4-6-12)19-15(20)9-23-16(21)13-8-10(17)2-7-14(13)18/h2-8H,9H2,1H3,(H,19,20). The Hall–Kier alpha value is -2.24. The molecule has 0 aliphatic carbocycles. The maximum absolute atomic E-state index is 11.9. The third-order valence-corrected chi connectivity index (χ3v) is 3.42. The van der Waals surface area contributed by atoms with E-state index in [1.165, 1.54) is 12.1 Å². The van der Waals surface area contributed by atoms with Crippen LogP contribution in [0, 0.1) is 0 Å². The molecule has 0 atom stereocenters. The molecule has 23 heavy (non-hydrogen) atoms. The van der Waals surface area contributed by atoms with Gasteiger partial charge in [-0.05, 0) is 42.5 Å². The third-order valence-electron chi connectivity index (χ3n) is 2.86. The first-order valence-corrected chi connectivity index (χ1v) is 7.31. The number of halogens is 2. The highest BCUT2D eigenvalue weighted by Gasteiger charge is 2.14. The van der Waals surface area contributed by atoms with Crippen molar-refractivity contribution in [3.05, 3.63) is 58.1 Å². The van der Waals surface area contributed by atoms with Crippen molar-refractivity contribution in [3.63, 3.8) is 0 Å². The van der Waals surface area contributed by atoms with Gasteiger partial charge in [-0.3, -0.25) is 4.79 Å². The smallest absolute Gasteiger partial charge is 0.340 e. The molecule has 120 valence electrons. The van der Waals surface area contributed by atoms with Crippen molar-refractivity contribution in [2.45, 2.75) is 0 Å². The molecule has 1 N–H and O–H groups in total. The van der Waals surface area contributed by atoms with Gasteiger partial charge < -0.3 is 14.8 Å². The van der Waals surface area contributed by atoms with Crippen LogP contribution >= 0.6 is 23.2 Å². The molecule has 2 rings (SSSR count). The summed E-state index contributed by atoms with van der Waals surface area (Å²) in [5.41, 5.74) is 0.670. The number of esters is 1. The first-order chi connectivity index (χ1) is 11.0. The molecule has 0 fully saturated rings. The fourth-order valence-corrected chi connectivity index (χ4v) is 2.10. The normalized spacial score (nSPS) is 10.0. The molecule has 0 saturated heterocycles. The summed E-state index contributed by atoms with van der Waals surface area (Å²) in [6.45, 7) is -0.437. The Morgan fingerprint density at radius 2 is 1.78 bits per heavy atom. The lowest BCUT2D eigenvalue weighted by Gasteiger charge is -2.08. The maximum Gasteiger partial charge on any atom is 0.340 e. The zero-order chi connectivity index (χ0) is 16.8. The number of anilines is 1. The second kappa shape index (κ2) is 7.85. The second-order valence-electron chi connectivity index (χ2n) is 4.48. The number of carbonyl (C=O) groups excluding carboxylic acids is 2. The van der Waals surface area contributed by atoms with Crippen molar-refractivity contribution in [1.82, 2.24) is 0 Å². The van der Waals surface area contributed by atoms with Gasteiger partial charge in [-0.15, -0.1) is 0 Å². The van der Waals surface area contributed by atoms with Gasteiger partial charge >= 0.3 is 5.97 Å². The quantitative estimate of drug-likeness (QED) is 0.830. The molecule has 0 aromatic heterocycles. The van der Waals surface area contributed by atoms with Crippen LogP contribution in [0.4, 0.5) is 5.69 Å². The number of nitrogens with one attached hydrogen (secondary N) is 1. The molecule has 1 amide bonds. The molecule has 0 saturated carbocycles. The minimum atomic E-state index is -0.720. The molecule has 0 aliphatic rings. The highest BCUT2D eigenvalue weighted by molar-refractivity contribution is 6.35. The Morgan fingerprint density at radius 3 is 2.43 bits per heavy atom. The number of amides is 1. The molecule has 0 unspecified atom stereocenters. The lowest BCUT2D eigenvalue weighted by molar-refractivity contribution is -0.119. The van der Waals surface area contributed by atoms with E-state index in [0.29, 0.717) is 16.5 Å². The van der Waals surface area contributed by atoms with Crippen LogP contribution in [0.5, 0.6) is 5.75 Å². The largest absolute Gasteiger partial charge is 0.497 e. The van der Waals surface area contributed by atoms with Crippen molar-refractivity contribution < 1.29 is 19.1 Å². The average Bonchev–Trinajstić information content (AvgIpc) is 2.55. The molecular formula is C16H13Cl2NO4. The molecular weight excluding hydrogens is 341 g/mol. The summed E-state index contributed by atoms with van der Waals surface area (Å²) in [7, 11) is 1.55. The number of hydrogen-bond donors (Lipinski definition) is 1. The van der Waals surface area contributed by atoms with E-state index in [0.717, 1.165) is 0 Å². The van der Waals surface area contributed by atoms with Crippen LogP contribution in [-0.2, 0) is 9.53 Å².